The third kappa shape index (κ3) is 10.3. The van der Waals surface area contributed by atoms with Crippen LogP contribution in [0.4, 0.5) is 4.79 Å². The summed E-state index contributed by atoms with van der Waals surface area (Å²) in [5.41, 5.74) is -1.12. The van der Waals surface area contributed by atoms with Crippen LogP contribution in [0.2, 0.25) is 0 Å². The van der Waals surface area contributed by atoms with E-state index in [-0.39, 0.29) is 13.0 Å². The number of carboxylic acid groups (broad SMARTS) is 1. The Morgan fingerprint density at radius 1 is 1.11 bits per heavy atom. The van der Waals surface area contributed by atoms with E-state index in [1.54, 1.807) is 41.5 Å². The maximum Gasteiger partial charge on any atom is 0.407 e. The summed E-state index contributed by atoms with van der Waals surface area (Å²) in [7, 11) is 0. The van der Waals surface area contributed by atoms with Crippen LogP contribution in [0, 0.1) is 0 Å². The topological polar surface area (TPSA) is 84.9 Å². The van der Waals surface area contributed by atoms with Crippen LogP contribution >= 0.6 is 0 Å². The van der Waals surface area contributed by atoms with Gasteiger partial charge in [-0.05, 0) is 41.5 Å². The Hall–Kier alpha value is -1.30. The highest BCUT2D eigenvalue weighted by Crippen LogP contribution is 2.13. The fourth-order valence-electron chi connectivity index (χ4n) is 1.28. The monoisotopic (exact) mass is 275 g/mol. The molecule has 0 aliphatic carbocycles. The van der Waals surface area contributed by atoms with Crippen LogP contribution < -0.4 is 5.32 Å². The predicted octanol–water partition coefficient (Wildman–Crippen LogP) is 2.17. The van der Waals surface area contributed by atoms with Gasteiger partial charge in [-0.3, -0.25) is 0 Å². The van der Waals surface area contributed by atoms with Gasteiger partial charge < -0.3 is 19.9 Å². The molecule has 1 atom stereocenters. The van der Waals surface area contributed by atoms with Gasteiger partial charge in [0.1, 0.15) is 5.60 Å². The number of hydrogen-bond acceptors (Lipinski definition) is 4. The molecular formula is C13H25NO5. The van der Waals surface area contributed by atoms with Crippen LogP contribution in [0.3, 0.4) is 0 Å². The van der Waals surface area contributed by atoms with Crippen molar-refractivity contribution in [1.82, 2.24) is 5.32 Å². The van der Waals surface area contributed by atoms with Crippen LogP contribution in [0.15, 0.2) is 0 Å². The molecule has 0 spiro atoms. The Bertz CT molecular complexity index is 314. The Morgan fingerprint density at radius 3 is 2.00 bits per heavy atom. The molecule has 6 nitrogen and oxygen atoms in total. The van der Waals surface area contributed by atoms with E-state index in [1.165, 1.54) is 0 Å². The van der Waals surface area contributed by atoms with Crippen molar-refractivity contribution < 1.29 is 24.2 Å². The van der Waals surface area contributed by atoms with E-state index in [4.69, 9.17) is 14.6 Å². The number of rotatable bonds is 5. The molecule has 0 radical (unpaired) electrons. The predicted molar refractivity (Wildman–Crippen MR) is 71.1 cm³/mol. The first-order valence-electron chi connectivity index (χ1n) is 6.28. The molecule has 0 saturated heterocycles. The lowest BCUT2D eigenvalue weighted by Crippen LogP contribution is -2.38. The second-order valence-electron chi connectivity index (χ2n) is 6.27. The Labute approximate surface area is 114 Å². The van der Waals surface area contributed by atoms with Gasteiger partial charge in [0.2, 0.25) is 0 Å². The van der Waals surface area contributed by atoms with E-state index in [2.05, 4.69) is 5.32 Å². The molecule has 0 aromatic carbocycles. The molecule has 0 rings (SSSR count). The van der Waals surface area contributed by atoms with Crippen LogP contribution in [0.1, 0.15) is 48.0 Å². The standard InChI is InChI=1S/C13H25NO5/c1-12(2,3)18-9(10(15)16)7-8-14-11(17)19-13(4,5)6/h9H,7-8H2,1-6H3,(H,14,17)(H,15,16)/t9-/m1/s1. The summed E-state index contributed by atoms with van der Waals surface area (Å²) in [6.07, 6.45) is -1.33. The summed E-state index contributed by atoms with van der Waals surface area (Å²) in [4.78, 5) is 22.4. The molecule has 0 unspecified atom stereocenters. The highest BCUT2D eigenvalue weighted by molar-refractivity contribution is 5.72. The number of carbonyl (C=O) groups excluding carboxylic acids is 1. The summed E-state index contributed by atoms with van der Waals surface area (Å²) in [5.74, 6) is -1.04. The van der Waals surface area contributed by atoms with Crippen molar-refractivity contribution in [3.63, 3.8) is 0 Å². The number of ether oxygens (including phenoxy) is 2. The average Bonchev–Trinajstić information content (AvgIpc) is 2.10. The van der Waals surface area contributed by atoms with Crippen molar-refractivity contribution in [2.45, 2.75) is 65.3 Å². The lowest BCUT2D eigenvalue weighted by Gasteiger charge is -2.25. The first-order valence-corrected chi connectivity index (χ1v) is 6.28. The first kappa shape index (κ1) is 17.7. The zero-order valence-corrected chi connectivity index (χ0v) is 12.6. The van der Waals surface area contributed by atoms with Gasteiger partial charge in [0.25, 0.3) is 0 Å². The molecule has 0 fully saturated rings. The molecular weight excluding hydrogens is 250 g/mol. The van der Waals surface area contributed by atoms with E-state index in [0.717, 1.165) is 0 Å². The lowest BCUT2D eigenvalue weighted by molar-refractivity contribution is -0.160. The van der Waals surface area contributed by atoms with Crippen molar-refractivity contribution in [3.8, 4) is 0 Å². The van der Waals surface area contributed by atoms with Gasteiger partial charge in [0, 0.05) is 13.0 Å². The smallest absolute Gasteiger partial charge is 0.407 e. The highest BCUT2D eigenvalue weighted by Gasteiger charge is 2.25. The largest absolute Gasteiger partial charge is 0.479 e. The maximum absolute atomic E-state index is 11.4. The summed E-state index contributed by atoms with van der Waals surface area (Å²) < 4.78 is 10.4. The molecule has 0 aromatic heterocycles. The van der Waals surface area contributed by atoms with Crippen LogP contribution in [0.25, 0.3) is 0 Å². The maximum atomic E-state index is 11.4. The van der Waals surface area contributed by atoms with Crippen molar-refractivity contribution in [3.05, 3.63) is 0 Å². The number of carboxylic acids is 1. The first-order chi connectivity index (χ1) is 8.41. The fraction of sp³-hybridized carbons (Fsp3) is 0.846. The second-order valence-corrected chi connectivity index (χ2v) is 6.27. The third-order valence-electron chi connectivity index (χ3n) is 1.85. The number of amides is 1. The zero-order valence-electron chi connectivity index (χ0n) is 12.6. The zero-order chi connectivity index (χ0) is 15.3. The molecule has 0 aliphatic rings. The van der Waals surface area contributed by atoms with Gasteiger partial charge in [-0.25, -0.2) is 9.59 Å². The van der Waals surface area contributed by atoms with Crippen LogP contribution in [0.5, 0.6) is 0 Å². The molecule has 6 heteroatoms. The van der Waals surface area contributed by atoms with Gasteiger partial charge in [-0.1, -0.05) is 0 Å². The van der Waals surface area contributed by atoms with E-state index in [9.17, 15) is 9.59 Å². The van der Waals surface area contributed by atoms with Gasteiger partial charge in [0.15, 0.2) is 6.10 Å². The van der Waals surface area contributed by atoms with E-state index in [1.807, 2.05) is 0 Å². The van der Waals surface area contributed by atoms with Crippen LogP contribution in [-0.4, -0.2) is 41.0 Å². The molecule has 0 aliphatic heterocycles. The molecule has 19 heavy (non-hydrogen) atoms. The van der Waals surface area contributed by atoms with Crippen LogP contribution in [-0.2, 0) is 14.3 Å². The van der Waals surface area contributed by atoms with Crippen molar-refractivity contribution >= 4 is 12.1 Å². The highest BCUT2D eigenvalue weighted by atomic mass is 16.6. The summed E-state index contributed by atoms with van der Waals surface area (Å²) in [6.45, 7) is 10.8. The summed E-state index contributed by atoms with van der Waals surface area (Å²) >= 11 is 0. The normalized spacial score (nSPS) is 13.8. The number of hydrogen-bond donors (Lipinski definition) is 2. The minimum atomic E-state index is -1.04. The molecule has 2 N–H and O–H groups in total. The number of aliphatic carboxylic acids is 1. The SMILES string of the molecule is CC(C)(C)OC(=O)NCC[C@@H](OC(C)(C)C)C(=O)O. The van der Waals surface area contributed by atoms with E-state index < -0.39 is 29.4 Å². The minimum absolute atomic E-state index is 0.183. The van der Waals surface area contributed by atoms with Crippen molar-refractivity contribution in [2.75, 3.05) is 6.54 Å². The van der Waals surface area contributed by atoms with E-state index >= 15 is 0 Å². The van der Waals surface area contributed by atoms with Gasteiger partial charge in [-0.2, -0.15) is 0 Å². The quantitative estimate of drug-likeness (QED) is 0.803. The number of nitrogens with one attached hydrogen (secondary N) is 1. The van der Waals surface area contributed by atoms with Gasteiger partial charge in [0.05, 0.1) is 5.60 Å². The summed E-state index contributed by atoms with van der Waals surface area (Å²) in [6, 6.07) is 0. The Morgan fingerprint density at radius 2 is 1.63 bits per heavy atom. The molecule has 0 bridgehead atoms. The molecule has 0 heterocycles. The number of alkyl carbamates (subject to hydrolysis) is 1. The molecule has 112 valence electrons. The van der Waals surface area contributed by atoms with Crippen molar-refractivity contribution in [1.29, 1.82) is 0 Å². The molecule has 0 aromatic rings. The fourth-order valence-corrected chi connectivity index (χ4v) is 1.28. The summed E-state index contributed by atoms with van der Waals surface area (Å²) in [5, 5.41) is 11.5. The Kier molecular flexibility index (Phi) is 6.29. The third-order valence-corrected chi connectivity index (χ3v) is 1.85. The molecule has 1 amide bonds. The van der Waals surface area contributed by atoms with Crippen molar-refractivity contribution in [2.24, 2.45) is 0 Å². The molecule has 0 saturated carbocycles. The van der Waals surface area contributed by atoms with Gasteiger partial charge >= 0.3 is 12.1 Å². The minimum Gasteiger partial charge on any atom is -0.479 e. The lowest BCUT2D eigenvalue weighted by atomic mass is 10.1. The number of carbonyl (C=O) groups is 2. The average molecular weight is 275 g/mol. The Balaban J connectivity index is 4.14. The van der Waals surface area contributed by atoms with Gasteiger partial charge in [-0.15, -0.1) is 0 Å². The van der Waals surface area contributed by atoms with E-state index in [0.29, 0.717) is 0 Å². The second kappa shape index (κ2) is 6.75.